The van der Waals surface area contributed by atoms with Gasteiger partial charge in [-0.2, -0.15) is 0 Å². The van der Waals surface area contributed by atoms with Crippen LogP contribution in [0.4, 0.5) is 0 Å². The lowest BCUT2D eigenvalue weighted by Crippen LogP contribution is -2.63. The smallest absolute Gasteiger partial charge is 0.335 e. The molecule has 0 radical (unpaired) electrons. The van der Waals surface area contributed by atoms with E-state index >= 15 is 0 Å². The molecule has 0 bridgehead atoms. The van der Waals surface area contributed by atoms with Gasteiger partial charge in [0.25, 0.3) is 0 Å². The zero-order valence-corrected chi connectivity index (χ0v) is 13.4. The van der Waals surface area contributed by atoms with Crippen molar-refractivity contribution >= 4 is 5.97 Å². The first-order valence-corrected chi connectivity index (χ1v) is 7.92. The molecule has 0 aliphatic heterocycles. The summed E-state index contributed by atoms with van der Waals surface area (Å²) in [5.41, 5.74) is 7.52. The molecule has 1 unspecified atom stereocenters. The summed E-state index contributed by atoms with van der Waals surface area (Å²) in [5.74, 6) is -0.569. The Bertz CT molecular complexity index is 610. The Morgan fingerprint density at radius 1 is 1.09 bits per heavy atom. The summed E-state index contributed by atoms with van der Waals surface area (Å²) in [5, 5.41) is 9.78. The summed E-state index contributed by atoms with van der Waals surface area (Å²) in [6, 6.07) is 18.5. The lowest BCUT2D eigenvalue weighted by molar-refractivity contribution is -0.423. The van der Waals surface area contributed by atoms with E-state index in [9.17, 15) is 9.90 Å². The van der Waals surface area contributed by atoms with Crippen molar-refractivity contribution in [2.24, 2.45) is 0 Å². The van der Waals surface area contributed by atoms with Crippen LogP contribution >= 0.6 is 0 Å². The van der Waals surface area contributed by atoms with Gasteiger partial charge in [-0.05, 0) is 23.6 Å². The summed E-state index contributed by atoms with van der Waals surface area (Å²) < 4.78 is 4.80. The Morgan fingerprint density at radius 3 is 2.30 bits per heavy atom. The number of benzene rings is 2. The van der Waals surface area contributed by atoms with Crippen LogP contribution in [0.2, 0.25) is 0 Å². The molecule has 2 aromatic rings. The molecule has 0 amide bonds. The second-order valence-corrected chi connectivity index (χ2v) is 5.64. The normalized spacial score (nSPS) is 13.3. The largest absolute Gasteiger partial charge is 0.464 e. The molecule has 0 fully saturated rings. The van der Waals surface area contributed by atoms with E-state index in [4.69, 9.17) is 4.74 Å². The number of carbonyl (C=O) groups excluding carboxylic acids is 1. The molecule has 0 aliphatic carbocycles. The van der Waals surface area contributed by atoms with E-state index in [0.717, 1.165) is 5.56 Å². The molecule has 4 nitrogen and oxygen atoms in total. The van der Waals surface area contributed by atoms with Gasteiger partial charge in [0.05, 0.1) is 12.6 Å². The number of hydrogen-bond donors (Lipinski definition) is 2. The fourth-order valence-corrected chi connectivity index (χ4v) is 2.53. The molecule has 0 saturated carbocycles. The summed E-state index contributed by atoms with van der Waals surface area (Å²) in [6.45, 7) is 2.00. The molecular formula is C19H24NO3+. The highest BCUT2D eigenvalue weighted by Crippen LogP contribution is 2.19. The highest BCUT2D eigenvalue weighted by molar-refractivity contribution is 5.74. The number of rotatable bonds is 7. The number of esters is 1. The maximum Gasteiger partial charge on any atom is 0.335 e. The Labute approximate surface area is 136 Å². The lowest BCUT2D eigenvalue weighted by Gasteiger charge is -2.13. The van der Waals surface area contributed by atoms with Gasteiger partial charge in [-0.15, -0.1) is 0 Å². The molecule has 2 aromatic carbocycles. The highest BCUT2D eigenvalue weighted by atomic mass is 16.5. The summed E-state index contributed by atoms with van der Waals surface area (Å²) >= 11 is 0. The second kappa shape index (κ2) is 8.46. The van der Waals surface area contributed by atoms with E-state index in [-0.39, 0.29) is 12.6 Å². The van der Waals surface area contributed by atoms with Crippen LogP contribution in [0.25, 0.3) is 11.1 Å². The Kier molecular flexibility index (Phi) is 6.32. The van der Waals surface area contributed by atoms with Crippen molar-refractivity contribution in [1.29, 1.82) is 0 Å². The average molecular weight is 314 g/mol. The molecule has 2 rings (SSSR count). The van der Waals surface area contributed by atoms with Gasteiger partial charge in [-0.1, -0.05) is 54.6 Å². The third-order valence-corrected chi connectivity index (χ3v) is 3.70. The predicted octanol–water partition coefficient (Wildman–Crippen LogP) is 1.82. The van der Waals surface area contributed by atoms with Gasteiger partial charge >= 0.3 is 5.97 Å². The van der Waals surface area contributed by atoms with E-state index in [1.54, 1.807) is 6.92 Å². The molecule has 0 spiro atoms. The Hall–Kier alpha value is -2.17. The van der Waals surface area contributed by atoms with Gasteiger partial charge in [0, 0.05) is 12.8 Å². The zero-order chi connectivity index (χ0) is 16.7. The maximum absolute atomic E-state index is 11.4. The predicted molar refractivity (Wildman–Crippen MR) is 89.5 cm³/mol. The maximum atomic E-state index is 11.4. The number of quaternary nitrogens is 1. The fourth-order valence-electron chi connectivity index (χ4n) is 2.53. The summed E-state index contributed by atoms with van der Waals surface area (Å²) in [7, 11) is 0. The van der Waals surface area contributed by atoms with Crippen LogP contribution in [-0.2, 0) is 16.0 Å². The minimum atomic E-state index is -1.10. The molecule has 23 heavy (non-hydrogen) atoms. The molecule has 4 N–H and O–H groups in total. The number of aliphatic hydroxyl groups excluding tert-OH is 1. The van der Waals surface area contributed by atoms with Crippen LogP contribution in [0.3, 0.4) is 0 Å². The highest BCUT2D eigenvalue weighted by Gasteiger charge is 2.21. The molecule has 0 aromatic heterocycles. The average Bonchev–Trinajstić information content (AvgIpc) is 2.56. The van der Waals surface area contributed by atoms with Crippen molar-refractivity contribution in [3.05, 3.63) is 60.2 Å². The van der Waals surface area contributed by atoms with Gasteiger partial charge in [-0.25, -0.2) is 4.79 Å². The van der Waals surface area contributed by atoms with Crippen LogP contribution in [0.5, 0.6) is 0 Å². The van der Waals surface area contributed by atoms with Crippen molar-refractivity contribution in [1.82, 2.24) is 0 Å². The van der Waals surface area contributed by atoms with Crippen molar-refractivity contribution in [2.45, 2.75) is 31.9 Å². The zero-order valence-electron chi connectivity index (χ0n) is 13.4. The van der Waals surface area contributed by atoms with Crippen molar-refractivity contribution < 1.29 is 20.4 Å². The third kappa shape index (κ3) is 5.20. The topological polar surface area (TPSA) is 74.2 Å². The first kappa shape index (κ1) is 17.2. The molecular weight excluding hydrogens is 290 g/mol. The van der Waals surface area contributed by atoms with Gasteiger partial charge < -0.3 is 15.6 Å². The van der Waals surface area contributed by atoms with Gasteiger partial charge in [0.1, 0.15) is 0 Å². The van der Waals surface area contributed by atoms with Crippen molar-refractivity contribution in [3.63, 3.8) is 0 Å². The summed E-state index contributed by atoms with van der Waals surface area (Å²) in [4.78, 5) is 11.4. The minimum Gasteiger partial charge on any atom is -0.464 e. The first-order valence-electron chi connectivity index (χ1n) is 7.92. The van der Waals surface area contributed by atoms with Crippen LogP contribution in [0.15, 0.2) is 54.6 Å². The van der Waals surface area contributed by atoms with E-state index in [0.29, 0.717) is 12.8 Å². The lowest BCUT2D eigenvalue weighted by atomic mass is 9.98. The standard InChI is InChI=1S/C19H23NO3/c1-2-23-19(22)18(21)13-17(20)12-14-8-10-16(11-9-14)15-6-4-3-5-7-15/h3-11,17-18,21H,2,12-13,20H2,1H3/p+1/t17-,18?/m1/s1. The number of ether oxygens (including phenoxy) is 1. The van der Waals surface area contributed by atoms with Crippen LogP contribution in [0, 0.1) is 0 Å². The van der Waals surface area contributed by atoms with Gasteiger partial charge in [0.2, 0.25) is 0 Å². The SMILES string of the molecule is CCOC(=O)C(O)C[C@H]([NH3+])Cc1ccc(-c2ccccc2)cc1. The molecule has 2 atom stereocenters. The van der Waals surface area contributed by atoms with Crippen LogP contribution < -0.4 is 5.73 Å². The van der Waals surface area contributed by atoms with E-state index < -0.39 is 12.1 Å². The van der Waals surface area contributed by atoms with Gasteiger partial charge in [-0.3, -0.25) is 0 Å². The molecule has 0 saturated heterocycles. The number of hydrogen-bond acceptors (Lipinski definition) is 3. The second-order valence-electron chi connectivity index (χ2n) is 5.64. The van der Waals surface area contributed by atoms with Crippen molar-refractivity contribution in [3.8, 4) is 11.1 Å². The molecule has 0 heterocycles. The van der Waals surface area contributed by atoms with Crippen LogP contribution in [0.1, 0.15) is 18.9 Å². The van der Waals surface area contributed by atoms with Gasteiger partial charge in [0.15, 0.2) is 6.10 Å². The Morgan fingerprint density at radius 2 is 1.70 bits per heavy atom. The Balaban J connectivity index is 1.92. The molecule has 0 aliphatic rings. The monoisotopic (exact) mass is 314 g/mol. The van der Waals surface area contributed by atoms with Crippen molar-refractivity contribution in [2.75, 3.05) is 6.61 Å². The van der Waals surface area contributed by atoms with Crippen LogP contribution in [-0.4, -0.2) is 29.8 Å². The van der Waals surface area contributed by atoms with E-state index in [2.05, 4.69) is 42.1 Å². The first-order chi connectivity index (χ1) is 11.1. The quantitative estimate of drug-likeness (QED) is 0.766. The molecule has 122 valence electrons. The number of carbonyl (C=O) groups is 1. The minimum absolute atomic E-state index is 0.0445. The third-order valence-electron chi connectivity index (χ3n) is 3.70. The molecule has 4 heteroatoms. The fraction of sp³-hybridized carbons (Fsp3) is 0.316. The summed E-state index contributed by atoms with van der Waals surface area (Å²) in [6.07, 6.45) is -0.0776. The number of aliphatic hydroxyl groups is 1. The van der Waals surface area contributed by atoms with E-state index in [1.165, 1.54) is 11.1 Å². The van der Waals surface area contributed by atoms with E-state index in [1.807, 2.05) is 18.2 Å².